The van der Waals surface area contributed by atoms with Crippen molar-refractivity contribution in [1.29, 1.82) is 0 Å². The standard InChI is InChI=1S/C22H24ClN3O2S.ClH/c1-4-28-18-10-7-11-19-21(18)24-22(29-19)26(15-14-25(2)3)20(27)13-12-16-8-5-6-9-17(16)23;/h5-13H,4,14-15H2,1-3H3;1H. The number of benzene rings is 2. The van der Waals surface area contributed by atoms with Gasteiger partial charge in [0.2, 0.25) is 0 Å². The Balaban J connectivity index is 0.00000320. The zero-order valence-corrected chi connectivity index (χ0v) is 19.6. The SMILES string of the molecule is CCOc1cccc2sc(N(CCN(C)C)C(=O)C=Cc3ccccc3Cl)nc12.Cl. The van der Waals surface area contributed by atoms with E-state index in [9.17, 15) is 4.79 Å². The highest BCUT2D eigenvalue weighted by Crippen LogP contribution is 2.34. The second-order valence-corrected chi connectivity index (χ2v) is 8.10. The number of ether oxygens (including phenoxy) is 1. The number of carbonyl (C=O) groups excluding carboxylic acids is 1. The van der Waals surface area contributed by atoms with Gasteiger partial charge in [0.05, 0.1) is 11.3 Å². The van der Waals surface area contributed by atoms with Crippen LogP contribution in [0.3, 0.4) is 0 Å². The van der Waals surface area contributed by atoms with Crippen molar-refractivity contribution < 1.29 is 9.53 Å². The molecule has 1 heterocycles. The molecule has 3 rings (SSSR count). The number of hydrogen-bond acceptors (Lipinski definition) is 5. The van der Waals surface area contributed by atoms with E-state index in [2.05, 4.69) is 0 Å². The van der Waals surface area contributed by atoms with Gasteiger partial charge in [-0.25, -0.2) is 4.98 Å². The van der Waals surface area contributed by atoms with Gasteiger partial charge in [0.15, 0.2) is 5.13 Å². The van der Waals surface area contributed by atoms with Crippen LogP contribution in [0.25, 0.3) is 16.3 Å². The van der Waals surface area contributed by atoms with Crippen LogP contribution in [-0.4, -0.2) is 49.6 Å². The van der Waals surface area contributed by atoms with Gasteiger partial charge in [-0.1, -0.05) is 47.2 Å². The van der Waals surface area contributed by atoms with Crippen LogP contribution >= 0.6 is 35.3 Å². The molecule has 0 atom stereocenters. The van der Waals surface area contributed by atoms with Crippen LogP contribution in [-0.2, 0) is 4.79 Å². The van der Waals surface area contributed by atoms with Gasteiger partial charge in [-0.3, -0.25) is 9.69 Å². The Bertz CT molecular complexity index is 1020. The first-order chi connectivity index (χ1) is 14.0. The van der Waals surface area contributed by atoms with Crippen LogP contribution in [0.2, 0.25) is 5.02 Å². The molecule has 0 N–H and O–H groups in total. The summed E-state index contributed by atoms with van der Waals surface area (Å²) in [6.07, 6.45) is 3.29. The summed E-state index contributed by atoms with van der Waals surface area (Å²) in [5.41, 5.74) is 1.59. The molecule has 0 aliphatic carbocycles. The molecular formula is C22H25Cl2N3O2S. The van der Waals surface area contributed by atoms with E-state index in [1.807, 2.05) is 62.3 Å². The number of amides is 1. The number of hydrogen-bond donors (Lipinski definition) is 0. The Morgan fingerprint density at radius 3 is 2.63 bits per heavy atom. The van der Waals surface area contributed by atoms with E-state index in [4.69, 9.17) is 21.3 Å². The van der Waals surface area contributed by atoms with Crippen molar-refractivity contribution >= 4 is 62.7 Å². The Kier molecular flexibility index (Phi) is 9.11. The van der Waals surface area contributed by atoms with Gasteiger partial charge >= 0.3 is 0 Å². The van der Waals surface area contributed by atoms with Crippen LogP contribution in [0.15, 0.2) is 48.5 Å². The van der Waals surface area contributed by atoms with Gasteiger partial charge in [0, 0.05) is 24.2 Å². The molecule has 0 saturated carbocycles. The van der Waals surface area contributed by atoms with Crippen molar-refractivity contribution in [2.45, 2.75) is 6.92 Å². The summed E-state index contributed by atoms with van der Waals surface area (Å²) in [6, 6.07) is 13.3. The van der Waals surface area contributed by atoms with Crippen LogP contribution in [0.4, 0.5) is 5.13 Å². The van der Waals surface area contributed by atoms with Crippen LogP contribution in [0.5, 0.6) is 5.75 Å². The predicted molar refractivity (Wildman–Crippen MR) is 129 cm³/mol. The number of anilines is 1. The van der Waals surface area contributed by atoms with Crippen LogP contribution in [0.1, 0.15) is 12.5 Å². The third kappa shape index (κ3) is 5.95. The molecule has 2 aromatic carbocycles. The highest BCUT2D eigenvalue weighted by molar-refractivity contribution is 7.22. The maximum absolute atomic E-state index is 13.0. The summed E-state index contributed by atoms with van der Waals surface area (Å²) >= 11 is 7.69. The number of aromatic nitrogens is 1. The molecule has 160 valence electrons. The number of carbonyl (C=O) groups is 1. The topological polar surface area (TPSA) is 45.7 Å². The third-order valence-electron chi connectivity index (χ3n) is 4.25. The van der Waals surface area contributed by atoms with E-state index in [-0.39, 0.29) is 18.3 Å². The minimum absolute atomic E-state index is 0. The molecule has 0 aliphatic heterocycles. The highest BCUT2D eigenvalue weighted by atomic mass is 35.5. The van der Waals surface area contributed by atoms with Gasteiger partial charge in [-0.2, -0.15) is 0 Å². The summed E-state index contributed by atoms with van der Waals surface area (Å²) < 4.78 is 6.68. The lowest BCUT2D eigenvalue weighted by Gasteiger charge is -2.20. The fraction of sp³-hybridized carbons (Fsp3) is 0.273. The normalized spacial score (nSPS) is 11.1. The number of likely N-dealkylation sites (N-methyl/N-ethyl adjacent to an activating group) is 1. The Labute approximate surface area is 192 Å². The Morgan fingerprint density at radius 1 is 1.17 bits per heavy atom. The zero-order chi connectivity index (χ0) is 20.8. The zero-order valence-electron chi connectivity index (χ0n) is 17.2. The van der Waals surface area contributed by atoms with Gasteiger partial charge in [-0.15, -0.1) is 12.4 Å². The van der Waals surface area contributed by atoms with Crippen molar-refractivity contribution in [3.05, 3.63) is 59.1 Å². The maximum atomic E-state index is 13.0. The van der Waals surface area contributed by atoms with E-state index < -0.39 is 0 Å². The number of thiazole rings is 1. The highest BCUT2D eigenvalue weighted by Gasteiger charge is 2.19. The lowest BCUT2D eigenvalue weighted by Crippen LogP contribution is -2.35. The van der Waals surface area contributed by atoms with Gasteiger partial charge in [-0.05, 0) is 50.9 Å². The molecular weight excluding hydrogens is 441 g/mol. The molecule has 1 amide bonds. The predicted octanol–water partition coefficient (Wildman–Crippen LogP) is 5.38. The third-order valence-corrected chi connectivity index (χ3v) is 5.64. The number of fused-ring (bicyclic) bond motifs is 1. The summed E-state index contributed by atoms with van der Waals surface area (Å²) in [6.45, 7) is 3.76. The molecule has 5 nitrogen and oxygen atoms in total. The van der Waals surface area contributed by atoms with Crippen LogP contribution < -0.4 is 9.64 Å². The first-order valence-electron chi connectivity index (χ1n) is 9.40. The molecule has 3 aromatic rings. The second-order valence-electron chi connectivity index (χ2n) is 6.68. The van der Waals surface area contributed by atoms with Crippen molar-refractivity contribution in [1.82, 2.24) is 9.88 Å². The largest absolute Gasteiger partial charge is 0.492 e. The quantitative estimate of drug-likeness (QED) is 0.419. The monoisotopic (exact) mass is 465 g/mol. The lowest BCUT2D eigenvalue weighted by molar-refractivity contribution is -0.114. The van der Waals surface area contributed by atoms with E-state index in [1.165, 1.54) is 11.3 Å². The lowest BCUT2D eigenvalue weighted by atomic mass is 10.2. The van der Waals surface area contributed by atoms with E-state index in [1.54, 1.807) is 23.1 Å². The number of halogens is 2. The summed E-state index contributed by atoms with van der Waals surface area (Å²) in [5.74, 6) is 0.600. The molecule has 0 saturated heterocycles. The molecule has 1 aromatic heterocycles. The van der Waals surface area contributed by atoms with Crippen molar-refractivity contribution in [2.75, 3.05) is 38.7 Å². The van der Waals surface area contributed by atoms with Crippen molar-refractivity contribution in [3.63, 3.8) is 0 Å². The summed E-state index contributed by atoms with van der Waals surface area (Å²) in [7, 11) is 3.96. The number of nitrogens with zero attached hydrogens (tertiary/aromatic N) is 3. The van der Waals surface area contributed by atoms with Crippen molar-refractivity contribution in [3.8, 4) is 5.75 Å². The molecule has 30 heavy (non-hydrogen) atoms. The first-order valence-corrected chi connectivity index (χ1v) is 10.6. The van der Waals surface area contributed by atoms with Crippen LogP contribution in [0, 0.1) is 0 Å². The van der Waals surface area contributed by atoms with E-state index in [0.29, 0.717) is 23.3 Å². The second kappa shape index (κ2) is 11.3. The number of para-hydroxylation sites is 1. The minimum Gasteiger partial charge on any atom is -0.492 e. The fourth-order valence-corrected chi connectivity index (χ4v) is 3.97. The molecule has 0 unspecified atom stereocenters. The number of rotatable bonds is 8. The average Bonchev–Trinajstić information content (AvgIpc) is 3.12. The summed E-state index contributed by atoms with van der Waals surface area (Å²) in [4.78, 5) is 21.5. The van der Waals surface area contributed by atoms with E-state index >= 15 is 0 Å². The molecule has 8 heteroatoms. The minimum atomic E-state index is -0.135. The van der Waals surface area contributed by atoms with E-state index in [0.717, 1.165) is 28.1 Å². The maximum Gasteiger partial charge on any atom is 0.252 e. The molecule has 0 radical (unpaired) electrons. The van der Waals surface area contributed by atoms with Gasteiger partial charge < -0.3 is 9.64 Å². The average molecular weight is 466 g/mol. The summed E-state index contributed by atoms with van der Waals surface area (Å²) in [5, 5.41) is 1.26. The Hall–Kier alpha value is -2.12. The fourth-order valence-electron chi connectivity index (χ4n) is 2.76. The smallest absolute Gasteiger partial charge is 0.252 e. The molecule has 0 aliphatic rings. The van der Waals surface area contributed by atoms with Crippen molar-refractivity contribution in [2.24, 2.45) is 0 Å². The first kappa shape index (κ1) is 24.2. The van der Waals surface area contributed by atoms with Gasteiger partial charge in [0.1, 0.15) is 11.3 Å². The molecule has 0 fully saturated rings. The molecule has 0 bridgehead atoms. The Morgan fingerprint density at radius 2 is 1.93 bits per heavy atom. The molecule has 0 spiro atoms. The van der Waals surface area contributed by atoms with Gasteiger partial charge in [0.25, 0.3) is 5.91 Å².